The van der Waals surface area contributed by atoms with Gasteiger partial charge in [0.1, 0.15) is 11.8 Å². The van der Waals surface area contributed by atoms with Gasteiger partial charge in [-0.2, -0.15) is 0 Å². The van der Waals surface area contributed by atoms with Gasteiger partial charge < -0.3 is 19.5 Å². The van der Waals surface area contributed by atoms with Crippen molar-refractivity contribution in [3.63, 3.8) is 0 Å². The van der Waals surface area contributed by atoms with Crippen molar-refractivity contribution in [3.05, 3.63) is 103 Å². The van der Waals surface area contributed by atoms with Crippen LogP contribution in [-0.4, -0.2) is 24.2 Å². The number of rotatable bonds is 6. The second-order valence-electron chi connectivity index (χ2n) is 7.98. The van der Waals surface area contributed by atoms with Crippen molar-refractivity contribution in [1.29, 1.82) is 0 Å². The zero-order valence-corrected chi connectivity index (χ0v) is 20.0. The van der Waals surface area contributed by atoms with E-state index in [1.807, 2.05) is 68.8 Å². The van der Waals surface area contributed by atoms with Crippen LogP contribution in [0.1, 0.15) is 23.5 Å². The molecular formula is C26H24N4OS2. The van der Waals surface area contributed by atoms with Crippen molar-refractivity contribution in [2.24, 2.45) is 0 Å². The SMILES string of the molecule is CN(C)c1ccc(N2C(=S)N[C@@H](c3ccccn3)[C@@H]2c2ccc(Sc3ccccc3)o2)cc1. The van der Waals surface area contributed by atoms with Crippen molar-refractivity contribution >= 4 is 40.5 Å². The average Bonchev–Trinajstić information content (AvgIpc) is 3.44. The summed E-state index contributed by atoms with van der Waals surface area (Å²) in [5.74, 6) is 0.841. The van der Waals surface area contributed by atoms with Gasteiger partial charge in [-0.05, 0) is 72.9 Å². The molecule has 2 aromatic heterocycles. The second kappa shape index (κ2) is 9.29. The molecule has 0 aliphatic carbocycles. The second-order valence-corrected chi connectivity index (χ2v) is 9.44. The predicted molar refractivity (Wildman–Crippen MR) is 138 cm³/mol. The van der Waals surface area contributed by atoms with Crippen molar-refractivity contribution in [2.75, 3.05) is 23.9 Å². The maximum absolute atomic E-state index is 6.37. The molecule has 5 nitrogen and oxygen atoms in total. The quantitative estimate of drug-likeness (QED) is 0.342. The highest BCUT2D eigenvalue weighted by atomic mass is 32.2. The maximum Gasteiger partial charge on any atom is 0.174 e. The van der Waals surface area contributed by atoms with Gasteiger partial charge in [-0.25, -0.2) is 0 Å². The van der Waals surface area contributed by atoms with E-state index >= 15 is 0 Å². The summed E-state index contributed by atoms with van der Waals surface area (Å²) in [7, 11) is 4.07. The van der Waals surface area contributed by atoms with Gasteiger partial charge in [0, 0.05) is 36.6 Å². The van der Waals surface area contributed by atoms with E-state index in [2.05, 4.69) is 56.5 Å². The lowest BCUT2D eigenvalue weighted by molar-refractivity contribution is 0.383. The molecule has 2 aromatic carbocycles. The first-order valence-electron chi connectivity index (χ1n) is 10.7. The Morgan fingerprint density at radius 2 is 1.70 bits per heavy atom. The molecule has 3 heterocycles. The molecule has 0 spiro atoms. The summed E-state index contributed by atoms with van der Waals surface area (Å²) in [6.45, 7) is 0. The first kappa shape index (κ1) is 21.6. The topological polar surface area (TPSA) is 44.5 Å². The summed E-state index contributed by atoms with van der Waals surface area (Å²) < 4.78 is 6.37. The van der Waals surface area contributed by atoms with Crippen LogP contribution in [0.4, 0.5) is 11.4 Å². The minimum absolute atomic E-state index is 0.132. The Morgan fingerprint density at radius 3 is 2.39 bits per heavy atom. The minimum Gasteiger partial charge on any atom is -0.452 e. The predicted octanol–water partition coefficient (Wildman–Crippen LogP) is 6.07. The standard InChI is InChI=1S/C26H24N4OS2/c1-29(2)18-11-13-19(14-12-18)30-25(24(28-26(30)32)21-10-6-7-17-27-21)22-15-16-23(31-22)33-20-8-4-3-5-9-20/h3-17,24-25H,1-2H3,(H,28,32)/t24-,25-/m0/s1. The number of pyridine rings is 1. The number of aromatic nitrogens is 1. The van der Waals surface area contributed by atoms with Gasteiger partial charge in [-0.3, -0.25) is 4.98 Å². The van der Waals surface area contributed by atoms with Crippen LogP contribution in [0.25, 0.3) is 0 Å². The van der Waals surface area contributed by atoms with E-state index in [-0.39, 0.29) is 12.1 Å². The Bertz CT molecular complexity index is 1230. The average molecular weight is 473 g/mol. The number of thiocarbonyl (C=S) groups is 1. The monoisotopic (exact) mass is 472 g/mol. The zero-order valence-electron chi connectivity index (χ0n) is 18.4. The number of nitrogens with one attached hydrogen (secondary N) is 1. The van der Waals surface area contributed by atoms with Crippen molar-refractivity contribution in [1.82, 2.24) is 10.3 Å². The lowest BCUT2D eigenvalue weighted by Gasteiger charge is -2.26. The van der Waals surface area contributed by atoms with Crippen molar-refractivity contribution in [2.45, 2.75) is 22.1 Å². The van der Waals surface area contributed by atoms with E-state index < -0.39 is 0 Å². The number of hydrogen-bond donors (Lipinski definition) is 1. The van der Waals surface area contributed by atoms with Gasteiger partial charge in [0.15, 0.2) is 10.2 Å². The molecule has 1 N–H and O–H groups in total. The van der Waals surface area contributed by atoms with Crippen molar-refractivity contribution in [3.8, 4) is 0 Å². The summed E-state index contributed by atoms with van der Waals surface area (Å²) in [4.78, 5) is 9.95. The Hall–Kier alpha value is -3.29. The van der Waals surface area contributed by atoms with Gasteiger partial charge in [0.25, 0.3) is 0 Å². The maximum atomic E-state index is 6.37. The fourth-order valence-electron chi connectivity index (χ4n) is 3.99. The molecule has 0 bridgehead atoms. The summed E-state index contributed by atoms with van der Waals surface area (Å²) in [6.07, 6.45) is 1.81. The van der Waals surface area contributed by atoms with Gasteiger partial charge >= 0.3 is 0 Å². The largest absolute Gasteiger partial charge is 0.452 e. The van der Waals surface area contributed by atoms with Gasteiger partial charge in [0.05, 0.1) is 11.7 Å². The molecule has 7 heteroatoms. The summed E-state index contributed by atoms with van der Waals surface area (Å²) in [6, 6.07) is 28.3. The lowest BCUT2D eigenvalue weighted by atomic mass is 10.0. The number of furan rings is 1. The third-order valence-corrected chi connectivity index (χ3v) is 6.84. The molecule has 33 heavy (non-hydrogen) atoms. The van der Waals surface area contributed by atoms with Crippen LogP contribution in [-0.2, 0) is 0 Å². The van der Waals surface area contributed by atoms with E-state index in [1.165, 1.54) is 0 Å². The molecule has 166 valence electrons. The summed E-state index contributed by atoms with van der Waals surface area (Å²) in [5.41, 5.74) is 3.07. The third-order valence-electron chi connectivity index (χ3n) is 5.60. The Morgan fingerprint density at radius 1 is 0.939 bits per heavy atom. The first-order valence-corrected chi connectivity index (χ1v) is 11.9. The number of hydrogen-bond acceptors (Lipinski definition) is 5. The minimum atomic E-state index is -0.164. The number of benzene rings is 2. The van der Waals surface area contributed by atoms with Crippen molar-refractivity contribution < 1.29 is 4.42 Å². The van der Waals surface area contributed by atoms with E-state index in [0.717, 1.165) is 32.8 Å². The number of nitrogens with zero attached hydrogens (tertiary/aromatic N) is 3. The van der Waals surface area contributed by atoms with E-state index in [1.54, 1.807) is 11.8 Å². The van der Waals surface area contributed by atoms with E-state index in [0.29, 0.717) is 5.11 Å². The molecule has 1 fully saturated rings. The highest BCUT2D eigenvalue weighted by Crippen LogP contribution is 2.43. The molecule has 1 aliphatic heterocycles. The van der Waals surface area contributed by atoms with Crippen LogP contribution < -0.4 is 15.1 Å². The van der Waals surface area contributed by atoms with Gasteiger partial charge in [0.2, 0.25) is 0 Å². The summed E-state index contributed by atoms with van der Waals surface area (Å²) in [5, 5.41) is 4.98. The normalized spacial score (nSPS) is 17.8. The molecular weight excluding hydrogens is 448 g/mol. The third kappa shape index (κ3) is 4.47. The van der Waals surface area contributed by atoms with Crippen LogP contribution in [0.5, 0.6) is 0 Å². The van der Waals surface area contributed by atoms with Gasteiger partial charge in [-0.15, -0.1) is 0 Å². The highest BCUT2D eigenvalue weighted by Gasteiger charge is 2.42. The molecule has 0 saturated carbocycles. The lowest BCUT2D eigenvalue weighted by Crippen LogP contribution is -2.29. The molecule has 2 atom stereocenters. The van der Waals surface area contributed by atoms with Crippen LogP contribution >= 0.6 is 24.0 Å². The van der Waals surface area contributed by atoms with Crippen LogP contribution in [0.15, 0.2) is 106 Å². The molecule has 5 rings (SSSR count). The fraction of sp³-hybridized carbons (Fsp3) is 0.154. The van der Waals surface area contributed by atoms with Crippen LogP contribution in [0.3, 0.4) is 0 Å². The van der Waals surface area contributed by atoms with Gasteiger partial charge in [-0.1, -0.05) is 36.0 Å². The number of anilines is 2. The molecule has 0 unspecified atom stereocenters. The Kier molecular flexibility index (Phi) is 6.07. The molecule has 0 amide bonds. The van der Waals surface area contributed by atoms with Crippen LogP contribution in [0, 0.1) is 0 Å². The van der Waals surface area contributed by atoms with E-state index in [4.69, 9.17) is 16.6 Å². The fourth-order valence-corrected chi connectivity index (χ4v) is 5.13. The molecule has 0 radical (unpaired) electrons. The molecule has 1 saturated heterocycles. The molecule has 4 aromatic rings. The Balaban J connectivity index is 1.52. The summed E-state index contributed by atoms with van der Waals surface area (Å²) >= 11 is 7.41. The highest BCUT2D eigenvalue weighted by molar-refractivity contribution is 7.99. The molecule has 1 aliphatic rings. The zero-order chi connectivity index (χ0) is 22.8. The van der Waals surface area contributed by atoms with Crippen LogP contribution in [0.2, 0.25) is 0 Å². The smallest absolute Gasteiger partial charge is 0.174 e. The first-order chi connectivity index (χ1) is 16.1. The Labute approximate surface area is 203 Å². The van der Waals surface area contributed by atoms with E-state index in [9.17, 15) is 0 Å².